The number of nitrogens with zero attached hydrogens (tertiary/aromatic N) is 2. The van der Waals surface area contributed by atoms with Crippen LogP contribution in [0.25, 0.3) is 10.6 Å². The summed E-state index contributed by atoms with van der Waals surface area (Å²) in [7, 11) is 0. The Hall–Kier alpha value is -0.580. The van der Waals surface area contributed by atoms with Crippen LogP contribution in [0.3, 0.4) is 0 Å². The van der Waals surface area contributed by atoms with Crippen LogP contribution in [0, 0.1) is 5.92 Å². The molecule has 0 spiro atoms. The summed E-state index contributed by atoms with van der Waals surface area (Å²) in [5, 5.41) is 1.59. The number of thiol groups is 1. The molecule has 1 atom stereocenters. The number of hydrogen-bond donors (Lipinski definition) is 1. The van der Waals surface area contributed by atoms with Gasteiger partial charge in [-0.2, -0.15) is 12.6 Å². The first-order valence-corrected chi connectivity index (χ1v) is 7.05. The number of halogens is 1. The van der Waals surface area contributed by atoms with E-state index in [-0.39, 0.29) is 5.25 Å². The summed E-state index contributed by atoms with van der Waals surface area (Å²) in [4.78, 5) is 9.50. The first-order chi connectivity index (χ1) is 8.09. The van der Waals surface area contributed by atoms with Crippen LogP contribution < -0.4 is 0 Å². The summed E-state index contributed by atoms with van der Waals surface area (Å²) in [6, 6.07) is 3.87. The van der Waals surface area contributed by atoms with Crippen molar-refractivity contribution in [3.8, 4) is 10.6 Å². The Bertz CT molecular complexity index is 496. The average molecular weight is 285 g/mol. The number of aromatic nitrogens is 2. The second kappa shape index (κ2) is 5.38. The third-order valence-corrected chi connectivity index (χ3v) is 5.04. The molecule has 2 heterocycles. The zero-order chi connectivity index (χ0) is 12.4. The topological polar surface area (TPSA) is 25.8 Å². The van der Waals surface area contributed by atoms with Crippen molar-refractivity contribution in [1.82, 2.24) is 9.97 Å². The van der Waals surface area contributed by atoms with E-state index < -0.39 is 0 Å². The standard InChI is InChI=1S/C12H13ClN2S2/c1-7(2)9(16)10-11(13)15-12(17-10)8-4-3-5-14-6-8/h3-7,9,16H,1-2H3. The van der Waals surface area contributed by atoms with Crippen LogP contribution in [0.2, 0.25) is 5.15 Å². The lowest BCUT2D eigenvalue weighted by Crippen LogP contribution is -1.97. The molecular weight excluding hydrogens is 272 g/mol. The molecule has 0 amide bonds. The summed E-state index contributed by atoms with van der Waals surface area (Å²) in [6.45, 7) is 4.24. The molecule has 0 aliphatic rings. The van der Waals surface area contributed by atoms with Gasteiger partial charge in [-0.05, 0) is 18.1 Å². The van der Waals surface area contributed by atoms with Crippen LogP contribution in [0.4, 0.5) is 0 Å². The van der Waals surface area contributed by atoms with Crippen molar-refractivity contribution in [2.75, 3.05) is 0 Å². The van der Waals surface area contributed by atoms with E-state index in [1.165, 1.54) is 0 Å². The van der Waals surface area contributed by atoms with Gasteiger partial charge in [0.05, 0.1) is 4.88 Å². The molecule has 0 fully saturated rings. The highest BCUT2D eigenvalue weighted by Crippen LogP contribution is 2.40. The van der Waals surface area contributed by atoms with Gasteiger partial charge in [-0.1, -0.05) is 25.4 Å². The molecule has 90 valence electrons. The SMILES string of the molecule is CC(C)C(S)c1sc(-c2cccnc2)nc1Cl. The zero-order valence-corrected chi connectivity index (χ0v) is 12.1. The van der Waals surface area contributed by atoms with Gasteiger partial charge in [0.2, 0.25) is 0 Å². The van der Waals surface area contributed by atoms with Gasteiger partial charge >= 0.3 is 0 Å². The molecule has 0 aliphatic heterocycles. The molecule has 0 saturated heterocycles. The lowest BCUT2D eigenvalue weighted by molar-refractivity contribution is 0.642. The first kappa shape index (κ1) is 12.9. The Morgan fingerprint density at radius 2 is 2.18 bits per heavy atom. The Balaban J connectivity index is 2.37. The summed E-state index contributed by atoms with van der Waals surface area (Å²) in [6.07, 6.45) is 3.54. The third kappa shape index (κ3) is 2.81. The summed E-state index contributed by atoms with van der Waals surface area (Å²) >= 11 is 12.3. The summed E-state index contributed by atoms with van der Waals surface area (Å²) in [5.74, 6) is 0.429. The maximum Gasteiger partial charge on any atom is 0.145 e. The predicted octanol–water partition coefficient (Wildman–Crippen LogP) is 4.49. The largest absolute Gasteiger partial charge is 0.264 e. The molecule has 5 heteroatoms. The second-order valence-corrected chi connectivity index (χ2v) is 6.05. The van der Waals surface area contributed by atoms with Gasteiger partial charge in [0.15, 0.2) is 0 Å². The van der Waals surface area contributed by atoms with Crippen LogP contribution in [0.1, 0.15) is 24.0 Å². The molecule has 2 aromatic heterocycles. The molecule has 0 bridgehead atoms. The minimum Gasteiger partial charge on any atom is -0.264 e. The number of thiazole rings is 1. The van der Waals surface area contributed by atoms with E-state index in [0.29, 0.717) is 11.1 Å². The van der Waals surface area contributed by atoms with Gasteiger partial charge in [-0.15, -0.1) is 11.3 Å². The average Bonchev–Trinajstić information content (AvgIpc) is 2.71. The molecule has 2 nitrogen and oxygen atoms in total. The van der Waals surface area contributed by atoms with Crippen molar-refractivity contribution >= 4 is 35.6 Å². The fourth-order valence-electron chi connectivity index (χ4n) is 1.41. The maximum absolute atomic E-state index is 6.16. The van der Waals surface area contributed by atoms with Crippen LogP contribution in [0.5, 0.6) is 0 Å². The predicted molar refractivity (Wildman–Crippen MR) is 76.9 cm³/mol. The zero-order valence-electron chi connectivity index (χ0n) is 9.59. The number of hydrogen-bond acceptors (Lipinski definition) is 4. The van der Waals surface area contributed by atoms with Crippen molar-refractivity contribution in [3.63, 3.8) is 0 Å². The quantitative estimate of drug-likeness (QED) is 0.841. The van der Waals surface area contributed by atoms with E-state index in [1.807, 2.05) is 12.1 Å². The van der Waals surface area contributed by atoms with E-state index in [1.54, 1.807) is 23.7 Å². The van der Waals surface area contributed by atoms with Crippen LogP contribution >= 0.6 is 35.6 Å². The molecule has 0 aromatic carbocycles. The van der Waals surface area contributed by atoms with E-state index in [4.69, 9.17) is 11.6 Å². The van der Waals surface area contributed by atoms with Crippen molar-refractivity contribution in [2.45, 2.75) is 19.1 Å². The van der Waals surface area contributed by atoms with Crippen molar-refractivity contribution < 1.29 is 0 Å². The van der Waals surface area contributed by atoms with Gasteiger partial charge in [-0.25, -0.2) is 4.98 Å². The van der Waals surface area contributed by atoms with Crippen LogP contribution in [-0.4, -0.2) is 9.97 Å². The Labute approximate surface area is 115 Å². The smallest absolute Gasteiger partial charge is 0.145 e. The van der Waals surface area contributed by atoms with E-state index in [2.05, 4.69) is 36.4 Å². The third-order valence-electron chi connectivity index (χ3n) is 2.42. The molecule has 0 radical (unpaired) electrons. The van der Waals surface area contributed by atoms with Gasteiger partial charge in [0.1, 0.15) is 10.2 Å². The molecular formula is C12H13ClN2S2. The van der Waals surface area contributed by atoms with E-state index >= 15 is 0 Å². The normalized spacial score (nSPS) is 13.0. The molecule has 0 aliphatic carbocycles. The van der Waals surface area contributed by atoms with Crippen LogP contribution in [0.15, 0.2) is 24.5 Å². The Kier molecular flexibility index (Phi) is 4.07. The molecule has 0 saturated carbocycles. The minimum atomic E-state index is 0.130. The van der Waals surface area contributed by atoms with Gasteiger partial charge in [-0.3, -0.25) is 4.98 Å². The molecule has 2 rings (SSSR count). The first-order valence-electron chi connectivity index (χ1n) is 5.34. The summed E-state index contributed by atoms with van der Waals surface area (Å²) in [5.41, 5.74) is 0.995. The fraction of sp³-hybridized carbons (Fsp3) is 0.333. The van der Waals surface area contributed by atoms with Crippen molar-refractivity contribution in [3.05, 3.63) is 34.6 Å². The lowest BCUT2D eigenvalue weighted by Gasteiger charge is -2.11. The Morgan fingerprint density at radius 3 is 2.76 bits per heavy atom. The minimum absolute atomic E-state index is 0.130. The highest BCUT2D eigenvalue weighted by molar-refractivity contribution is 7.80. The van der Waals surface area contributed by atoms with Gasteiger partial charge < -0.3 is 0 Å². The van der Waals surface area contributed by atoms with E-state index in [9.17, 15) is 0 Å². The molecule has 0 N–H and O–H groups in total. The molecule has 17 heavy (non-hydrogen) atoms. The fourth-order valence-corrected chi connectivity index (χ4v) is 3.24. The molecule has 2 aromatic rings. The monoisotopic (exact) mass is 284 g/mol. The van der Waals surface area contributed by atoms with Crippen molar-refractivity contribution in [1.29, 1.82) is 0 Å². The lowest BCUT2D eigenvalue weighted by atomic mass is 10.1. The summed E-state index contributed by atoms with van der Waals surface area (Å²) < 4.78 is 0. The Morgan fingerprint density at radius 1 is 1.41 bits per heavy atom. The van der Waals surface area contributed by atoms with Crippen LogP contribution in [-0.2, 0) is 0 Å². The number of rotatable bonds is 3. The van der Waals surface area contributed by atoms with Gasteiger partial charge in [0.25, 0.3) is 0 Å². The van der Waals surface area contributed by atoms with Gasteiger partial charge in [0, 0.05) is 23.2 Å². The maximum atomic E-state index is 6.16. The highest BCUT2D eigenvalue weighted by atomic mass is 35.5. The van der Waals surface area contributed by atoms with Crippen molar-refractivity contribution in [2.24, 2.45) is 5.92 Å². The highest BCUT2D eigenvalue weighted by Gasteiger charge is 2.19. The van der Waals surface area contributed by atoms with E-state index in [0.717, 1.165) is 15.4 Å². The molecule has 1 unspecified atom stereocenters. The number of pyridine rings is 1. The second-order valence-electron chi connectivity index (χ2n) is 4.10.